The van der Waals surface area contributed by atoms with Crippen LogP contribution in [0.5, 0.6) is 0 Å². The van der Waals surface area contributed by atoms with Gasteiger partial charge >= 0.3 is 5.97 Å². The van der Waals surface area contributed by atoms with E-state index in [2.05, 4.69) is 10.8 Å². The van der Waals surface area contributed by atoms with Gasteiger partial charge in [0.1, 0.15) is 0 Å². The predicted molar refractivity (Wildman–Crippen MR) is 30.5 cm³/mol. The highest BCUT2D eigenvalue weighted by Gasteiger charge is 1.90. The van der Waals surface area contributed by atoms with Gasteiger partial charge in [0.05, 0.1) is 6.61 Å². The summed E-state index contributed by atoms with van der Waals surface area (Å²) < 4.78 is 4.43. The lowest BCUT2D eigenvalue weighted by Crippen LogP contribution is -1.98. The number of hydrogen-bond acceptors (Lipinski definition) is 3. The van der Waals surface area contributed by atoms with Crippen LogP contribution >= 0.6 is 0 Å². The maximum absolute atomic E-state index is 10.3. The Balaban J connectivity index is 3.49. The molecule has 9 heavy (non-hydrogen) atoms. The molecular formula is C6H7O3. The Morgan fingerprint density at radius 2 is 2.44 bits per heavy atom. The summed E-state index contributed by atoms with van der Waals surface area (Å²) in [7, 11) is 0. The van der Waals surface area contributed by atoms with Crippen molar-refractivity contribution in [2.45, 2.75) is 6.92 Å². The first-order chi connectivity index (χ1) is 4.31. The van der Waals surface area contributed by atoms with Crippen molar-refractivity contribution >= 4 is 12.3 Å². The molecule has 0 atom stereocenters. The molecular weight excluding hydrogens is 120 g/mol. The van der Waals surface area contributed by atoms with Gasteiger partial charge in [-0.3, -0.25) is 4.79 Å². The monoisotopic (exact) mass is 127 g/mol. The number of allylic oxidation sites excluding steroid dienone is 1. The molecule has 0 aromatic rings. The van der Waals surface area contributed by atoms with Crippen molar-refractivity contribution in [1.29, 1.82) is 0 Å². The third kappa shape index (κ3) is 4.74. The third-order valence-electron chi connectivity index (χ3n) is 0.556. The molecule has 0 aromatic heterocycles. The van der Waals surface area contributed by atoms with Crippen LogP contribution in [0.1, 0.15) is 6.92 Å². The summed E-state index contributed by atoms with van der Waals surface area (Å²) in [5.41, 5.74) is 0. The van der Waals surface area contributed by atoms with Gasteiger partial charge in [-0.1, -0.05) is 0 Å². The minimum absolute atomic E-state index is 0.315. The van der Waals surface area contributed by atoms with E-state index in [1.54, 1.807) is 6.92 Å². The van der Waals surface area contributed by atoms with Crippen molar-refractivity contribution in [3.05, 3.63) is 12.2 Å². The zero-order valence-corrected chi connectivity index (χ0v) is 5.09. The number of carbonyl (C=O) groups excluding carboxylic acids is 2. The normalized spacial score (nSPS) is 9.44. The van der Waals surface area contributed by atoms with Gasteiger partial charge in [-0.05, 0) is 6.92 Å². The highest BCUT2D eigenvalue weighted by molar-refractivity contribution is 5.84. The van der Waals surface area contributed by atoms with Gasteiger partial charge in [0.25, 0.3) is 0 Å². The summed E-state index contributed by atoms with van der Waals surface area (Å²) in [4.78, 5) is 19.9. The minimum atomic E-state index is -0.537. The first kappa shape index (κ1) is 7.88. The fourth-order valence-electron chi connectivity index (χ4n) is 0.286. The zero-order valence-electron chi connectivity index (χ0n) is 5.09. The maximum atomic E-state index is 10.3. The number of rotatable bonds is 3. The van der Waals surface area contributed by atoms with Crippen molar-refractivity contribution in [1.82, 2.24) is 0 Å². The topological polar surface area (TPSA) is 43.4 Å². The number of ether oxygens (including phenoxy) is 1. The van der Waals surface area contributed by atoms with E-state index in [-0.39, 0.29) is 0 Å². The van der Waals surface area contributed by atoms with Crippen LogP contribution in [0.3, 0.4) is 0 Å². The fourth-order valence-corrected chi connectivity index (χ4v) is 0.286. The largest absolute Gasteiger partial charge is 0.463 e. The quantitative estimate of drug-likeness (QED) is 0.307. The van der Waals surface area contributed by atoms with E-state index in [0.717, 1.165) is 6.08 Å². The van der Waals surface area contributed by atoms with E-state index in [0.29, 0.717) is 12.9 Å². The second kappa shape index (κ2) is 5.03. The van der Waals surface area contributed by atoms with Crippen molar-refractivity contribution < 1.29 is 14.3 Å². The van der Waals surface area contributed by atoms with E-state index in [9.17, 15) is 9.59 Å². The van der Waals surface area contributed by atoms with Crippen molar-refractivity contribution in [3.63, 3.8) is 0 Å². The van der Waals surface area contributed by atoms with Crippen LogP contribution in [-0.2, 0) is 14.3 Å². The lowest BCUT2D eigenvalue weighted by Gasteiger charge is -1.91. The number of aldehydes is 1. The molecule has 0 spiro atoms. The summed E-state index contributed by atoms with van der Waals surface area (Å²) in [6.07, 6.45) is 3.41. The van der Waals surface area contributed by atoms with Crippen LogP contribution in [-0.4, -0.2) is 18.9 Å². The highest BCUT2D eigenvalue weighted by Crippen LogP contribution is 1.77. The summed E-state index contributed by atoms with van der Waals surface area (Å²) in [6, 6.07) is 0. The van der Waals surface area contributed by atoms with Gasteiger partial charge < -0.3 is 4.74 Å². The fraction of sp³-hybridized carbons (Fsp3) is 0.333. The average Bonchev–Trinajstić information content (AvgIpc) is 1.85. The SMILES string of the molecule is CCOC(=O)/C=[C]/C=O. The van der Waals surface area contributed by atoms with Crippen LogP contribution in [0.25, 0.3) is 0 Å². The van der Waals surface area contributed by atoms with E-state index >= 15 is 0 Å². The molecule has 0 heterocycles. The molecule has 3 nitrogen and oxygen atoms in total. The molecule has 0 unspecified atom stereocenters. The summed E-state index contributed by atoms with van der Waals surface area (Å²) in [6.45, 7) is 2.00. The number of esters is 1. The second-order valence-corrected chi connectivity index (χ2v) is 1.18. The van der Waals surface area contributed by atoms with E-state index in [1.807, 2.05) is 0 Å². The molecule has 49 valence electrons. The van der Waals surface area contributed by atoms with Crippen LogP contribution in [0.4, 0.5) is 0 Å². The van der Waals surface area contributed by atoms with Crippen molar-refractivity contribution in [2.75, 3.05) is 6.61 Å². The Morgan fingerprint density at radius 1 is 1.78 bits per heavy atom. The Bertz CT molecular complexity index is 126. The first-order valence-corrected chi connectivity index (χ1v) is 2.51. The predicted octanol–water partition coefficient (Wildman–Crippen LogP) is 0.108. The second-order valence-electron chi connectivity index (χ2n) is 1.18. The van der Waals surface area contributed by atoms with Gasteiger partial charge in [-0.25, -0.2) is 4.79 Å². The van der Waals surface area contributed by atoms with Crippen molar-refractivity contribution in [3.8, 4) is 0 Å². The number of carbonyl (C=O) groups is 2. The molecule has 3 heteroatoms. The van der Waals surface area contributed by atoms with Gasteiger partial charge in [0.15, 0.2) is 6.29 Å². The molecule has 1 radical (unpaired) electrons. The molecule has 0 rings (SSSR count). The molecule has 0 saturated carbocycles. The zero-order chi connectivity index (χ0) is 7.11. The third-order valence-corrected chi connectivity index (χ3v) is 0.556. The van der Waals surface area contributed by atoms with E-state index < -0.39 is 5.97 Å². The molecule has 0 bridgehead atoms. The lowest BCUT2D eigenvalue weighted by atomic mass is 10.5. The smallest absolute Gasteiger partial charge is 0.331 e. The maximum Gasteiger partial charge on any atom is 0.331 e. The van der Waals surface area contributed by atoms with Gasteiger partial charge in [0.2, 0.25) is 0 Å². The van der Waals surface area contributed by atoms with E-state index in [4.69, 9.17) is 0 Å². The van der Waals surface area contributed by atoms with Gasteiger partial charge in [-0.15, -0.1) is 0 Å². The summed E-state index contributed by atoms with van der Waals surface area (Å²) >= 11 is 0. The van der Waals surface area contributed by atoms with Gasteiger partial charge in [0, 0.05) is 12.2 Å². The number of hydrogen-bond donors (Lipinski definition) is 0. The minimum Gasteiger partial charge on any atom is -0.463 e. The summed E-state index contributed by atoms with van der Waals surface area (Å²) in [5, 5.41) is 0. The van der Waals surface area contributed by atoms with Crippen molar-refractivity contribution in [2.24, 2.45) is 0 Å². The molecule has 0 N–H and O–H groups in total. The molecule has 0 aliphatic heterocycles. The first-order valence-electron chi connectivity index (χ1n) is 2.51. The van der Waals surface area contributed by atoms with Crippen LogP contribution in [0.15, 0.2) is 6.08 Å². The van der Waals surface area contributed by atoms with E-state index in [1.165, 1.54) is 0 Å². The lowest BCUT2D eigenvalue weighted by molar-refractivity contribution is -0.137. The Kier molecular flexibility index (Phi) is 4.40. The molecule has 0 aliphatic carbocycles. The Morgan fingerprint density at radius 3 is 2.89 bits per heavy atom. The molecule has 0 aliphatic rings. The standard InChI is InChI=1S/C6H7O3/c1-2-9-6(8)4-3-5-7/h4-5H,2H2,1H3. The Hall–Kier alpha value is -1.12. The molecule has 0 aromatic carbocycles. The Labute approximate surface area is 53.3 Å². The average molecular weight is 127 g/mol. The van der Waals surface area contributed by atoms with Crippen LogP contribution in [0, 0.1) is 6.08 Å². The van der Waals surface area contributed by atoms with Crippen LogP contribution in [0.2, 0.25) is 0 Å². The van der Waals surface area contributed by atoms with Crippen LogP contribution < -0.4 is 0 Å². The highest BCUT2D eigenvalue weighted by atomic mass is 16.5. The molecule has 0 fully saturated rings. The molecule has 0 amide bonds. The molecule has 0 saturated heterocycles. The summed E-state index contributed by atoms with van der Waals surface area (Å²) in [5.74, 6) is -0.537. The van der Waals surface area contributed by atoms with Gasteiger partial charge in [-0.2, -0.15) is 0 Å².